The summed E-state index contributed by atoms with van der Waals surface area (Å²) in [6.07, 6.45) is -3.23. The Labute approximate surface area is 232 Å². The summed E-state index contributed by atoms with van der Waals surface area (Å²) in [5.41, 5.74) is 6.58. The predicted molar refractivity (Wildman–Crippen MR) is 142 cm³/mol. The Morgan fingerprint density at radius 3 is 2.39 bits per heavy atom. The largest absolute Gasteiger partial charge is 0.435 e. The van der Waals surface area contributed by atoms with E-state index in [1.54, 1.807) is 19.1 Å². The molecule has 2 aromatic carbocycles. The van der Waals surface area contributed by atoms with Crippen molar-refractivity contribution in [3.05, 3.63) is 113 Å². The molecule has 2 heterocycles. The molecule has 0 radical (unpaired) electrons. The highest BCUT2D eigenvalue weighted by Crippen LogP contribution is 2.34. The smallest absolute Gasteiger partial charge is 0.399 e. The van der Waals surface area contributed by atoms with Crippen LogP contribution in [-0.4, -0.2) is 20.5 Å². The first-order chi connectivity index (χ1) is 19.3. The summed E-state index contributed by atoms with van der Waals surface area (Å²) >= 11 is 0. The number of nitrogens with two attached hydrogens (primary N) is 1. The van der Waals surface area contributed by atoms with Crippen LogP contribution < -0.4 is 5.73 Å². The summed E-state index contributed by atoms with van der Waals surface area (Å²) in [5.74, 6) is -3.42. The van der Waals surface area contributed by atoms with Crippen molar-refractivity contribution in [2.45, 2.75) is 44.8 Å². The number of hydrogen-bond acceptors (Lipinski definition) is 4. The van der Waals surface area contributed by atoms with E-state index in [-0.39, 0.29) is 41.8 Å². The highest BCUT2D eigenvalue weighted by atomic mass is 19.4. The highest BCUT2D eigenvalue weighted by Gasteiger charge is 2.35. The molecular weight excluding hydrogens is 546 g/mol. The normalized spacial score (nSPS) is 12.4. The van der Waals surface area contributed by atoms with Gasteiger partial charge in [0.05, 0.1) is 12.2 Å². The van der Waals surface area contributed by atoms with Crippen LogP contribution in [0.3, 0.4) is 0 Å². The van der Waals surface area contributed by atoms with Crippen LogP contribution in [0.15, 0.2) is 67.4 Å². The number of aryl methyl sites for hydroxylation is 1. The fourth-order valence-corrected chi connectivity index (χ4v) is 4.73. The van der Waals surface area contributed by atoms with Crippen LogP contribution in [-0.2, 0) is 30.4 Å². The van der Waals surface area contributed by atoms with E-state index >= 15 is 0 Å². The van der Waals surface area contributed by atoms with Gasteiger partial charge in [-0.3, -0.25) is 14.5 Å². The quantitative estimate of drug-likeness (QED) is 0.211. The second-order valence-electron chi connectivity index (χ2n) is 9.61. The molecule has 0 amide bonds. The van der Waals surface area contributed by atoms with Gasteiger partial charge in [0.15, 0.2) is 11.5 Å². The van der Waals surface area contributed by atoms with E-state index in [2.05, 4.69) is 16.7 Å². The number of ketones is 1. The third kappa shape index (κ3) is 7.03. The molecule has 5 nitrogen and oxygen atoms in total. The molecule has 11 heteroatoms. The number of Topliss-reactive ketones (excluding diaryl/α,β-unsaturated/α-hetero) is 1. The number of carbonyl (C=O) groups is 1. The summed E-state index contributed by atoms with van der Waals surface area (Å²) in [4.78, 5) is 17.8. The van der Waals surface area contributed by atoms with Gasteiger partial charge in [0.1, 0.15) is 17.5 Å². The van der Waals surface area contributed by atoms with Gasteiger partial charge in [-0.25, -0.2) is 13.2 Å². The molecule has 41 heavy (non-hydrogen) atoms. The molecule has 0 unspecified atom stereocenters. The number of alkyl halides is 3. The maximum Gasteiger partial charge on any atom is 0.435 e. The number of hydrogen-bond donors (Lipinski definition) is 1. The maximum absolute atomic E-state index is 14.3. The summed E-state index contributed by atoms with van der Waals surface area (Å²) in [7, 11) is 0. The summed E-state index contributed by atoms with van der Waals surface area (Å²) in [6, 6.07) is 11.4. The van der Waals surface area contributed by atoms with E-state index in [0.717, 1.165) is 28.9 Å². The van der Waals surface area contributed by atoms with E-state index in [4.69, 9.17) is 5.73 Å². The molecule has 4 aromatic rings. The van der Waals surface area contributed by atoms with Crippen LogP contribution in [0.25, 0.3) is 16.8 Å². The molecule has 0 spiro atoms. The molecule has 2 N–H and O–H groups in total. The summed E-state index contributed by atoms with van der Waals surface area (Å²) in [6.45, 7) is 4.79. The molecule has 0 bridgehead atoms. The molecule has 4 rings (SSSR count). The third-order valence-corrected chi connectivity index (χ3v) is 6.57. The number of carbonyl (C=O) groups excluding carboxylic acids is 1. The molecule has 2 aromatic heterocycles. The zero-order valence-corrected chi connectivity index (χ0v) is 22.0. The first-order valence-electron chi connectivity index (χ1n) is 12.7. The van der Waals surface area contributed by atoms with Gasteiger partial charge in [0.2, 0.25) is 0 Å². The molecule has 0 fully saturated rings. The van der Waals surface area contributed by atoms with E-state index < -0.39 is 47.6 Å². The molecule has 1 atom stereocenters. The highest BCUT2D eigenvalue weighted by molar-refractivity contribution is 5.80. The molecule has 214 valence electrons. The van der Waals surface area contributed by atoms with Gasteiger partial charge in [-0.1, -0.05) is 25.6 Å². The lowest BCUT2D eigenvalue weighted by atomic mass is 9.86. The van der Waals surface area contributed by atoms with Crippen LogP contribution in [0.2, 0.25) is 0 Å². The van der Waals surface area contributed by atoms with Crippen molar-refractivity contribution in [3.63, 3.8) is 0 Å². The van der Waals surface area contributed by atoms with Gasteiger partial charge in [-0.15, -0.1) is 0 Å². The van der Waals surface area contributed by atoms with Crippen LogP contribution in [0.4, 0.5) is 26.3 Å². The van der Waals surface area contributed by atoms with Gasteiger partial charge < -0.3 is 5.73 Å². The molecule has 0 saturated carbocycles. The summed E-state index contributed by atoms with van der Waals surface area (Å²) < 4.78 is 83.1. The van der Waals surface area contributed by atoms with Crippen molar-refractivity contribution in [1.82, 2.24) is 14.8 Å². The molecular formula is C30H26F6N4O. The molecule has 0 aliphatic rings. The minimum atomic E-state index is -4.67. The number of aromatic nitrogens is 3. The topological polar surface area (TPSA) is 73.8 Å². The SMILES string of the molecule is C=C(N)c1cc(-c2cccnc2[C@@H](CC(=O)Cn2nc(C(F)(F)F)cc2CC)Cc2cc(F)cc(F)c2)ccc1F. The molecule has 0 saturated heterocycles. The van der Waals surface area contributed by atoms with Gasteiger partial charge in [0, 0.05) is 47.1 Å². The standard InChI is InChI=1S/C30H26F6N4O/c1-3-23-15-28(30(34,35)36)39-40(23)16-24(41)12-20(9-18-10-21(31)14-22(32)11-18)29-25(5-4-8-38-29)19-6-7-27(33)26(13-19)17(2)37/h4-8,10-11,13-15,20H,2-3,9,12,16,37H2,1H3/t20-/m1/s1. The molecule has 0 aliphatic heterocycles. The van der Waals surface area contributed by atoms with E-state index in [9.17, 15) is 31.1 Å². The fraction of sp³-hybridized carbons (Fsp3) is 0.233. The average Bonchev–Trinajstić information content (AvgIpc) is 3.31. The van der Waals surface area contributed by atoms with Crippen molar-refractivity contribution < 1.29 is 31.1 Å². The van der Waals surface area contributed by atoms with Crippen molar-refractivity contribution in [1.29, 1.82) is 0 Å². The van der Waals surface area contributed by atoms with E-state index in [1.807, 2.05) is 0 Å². The zero-order valence-electron chi connectivity index (χ0n) is 22.0. The predicted octanol–water partition coefficient (Wildman–Crippen LogP) is 6.86. The van der Waals surface area contributed by atoms with Crippen molar-refractivity contribution in [2.24, 2.45) is 5.73 Å². The monoisotopic (exact) mass is 572 g/mol. The van der Waals surface area contributed by atoms with Crippen molar-refractivity contribution in [2.75, 3.05) is 0 Å². The maximum atomic E-state index is 14.3. The lowest BCUT2D eigenvalue weighted by Gasteiger charge is -2.20. The van der Waals surface area contributed by atoms with Gasteiger partial charge in [-0.2, -0.15) is 18.3 Å². The number of benzene rings is 2. The Kier molecular flexibility index (Phi) is 8.65. The Balaban J connectivity index is 1.74. The Hall–Kier alpha value is -4.41. The third-order valence-electron chi connectivity index (χ3n) is 6.57. The second kappa shape index (κ2) is 12.0. The van der Waals surface area contributed by atoms with Crippen molar-refractivity contribution in [3.8, 4) is 11.1 Å². The first-order valence-corrected chi connectivity index (χ1v) is 12.7. The van der Waals surface area contributed by atoms with Crippen LogP contribution in [0, 0.1) is 17.5 Å². The zero-order chi connectivity index (χ0) is 29.9. The number of pyridine rings is 1. The Morgan fingerprint density at radius 2 is 1.76 bits per heavy atom. The lowest BCUT2D eigenvalue weighted by Crippen LogP contribution is -2.19. The van der Waals surface area contributed by atoms with Gasteiger partial charge in [0.25, 0.3) is 0 Å². The Morgan fingerprint density at radius 1 is 1.05 bits per heavy atom. The summed E-state index contributed by atoms with van der Waals surface area (Å²) in [5, 5.41) is 3.58. The fourth-order valence-electron chi connectivity index (χ4n) is 4.73. The number of halogens is 6. The molecule has 0 aliphatic carbocycles. The second-order valence-corrected chi connectivity index (χ2v) is 9.61. The Bertz CT molecular complexity index is 1570. The number of rotatable bonds is 10. The van der Waals surface area contributed by atoms with Crippen LogP contribution in [0.5, 0.6) is 0 Å². The van der Waals surface area contributed by atoms with Crippen LogP contribution in [0.1, 0.15) is 47.5 Å². The van der Waals surface area contributed by atoms with Gasteiger partial charge >= 0.3 is 6.18 Å². The van der Waals surface area contributed by atoms with E-state index in [0.29, 0.717) is 16.8 Å². The van der Waals surface area contributed by atoms with Crippen LogP contribution >= 0.6 is 0 Å². The van der Waals surface area contributed by atoms with Crippen molar-refractivity contribution >= 4 is 11.5 Å². The van der Waals surface area contributed by atoms with Gasteiger partial charge in [-0.05, 0) is 60.4 Å². The average molecular weight is 573 g/mol. The van der Waals surface area contributed by atoms with E-state index in [1.165, 1.54) is 24.4 Å². The lowest BCUT2D eigenvalue weighted by molar-refractivity contribution is -0.141. The number of nitrogens with zero attached hydrogens (tertiary/aromatic N) is 3. The minimum absolute atomic E-state index is 0.000862. The first kappa shape index (κ1) is 29.6. The minimum Gasteiger partial charge on any atom is -0.399 e.